The molecule has 6 nitrogen and oxygen atoms in total. The van der Waals surface area contributed by atoms with Gasteiger partial charge in [-0.1, -0.05) is 11.3 Å². The monoisotopic (exact) mass is 333 g/mol. The van der Waals surface area contributed by atoms with Gasteiger partial charge in [0.15, 0.2) is 6.29 Å². The molecule has 1 saturated heterocycles. The third-order valence-electron chi connectivity index (χ3n) is 3.72. The maximum Gasteiger partial charge on any atom is 0.273 e. The van der Waals surface area contributed by atoms with Crippen LogP contribution in [-0.4, -0.2) is 48.7 Å². The molecule has 0 aliphatic carbocycles. The quantitative estimate of drug-likeness (QED) is 0.802. The Morgan fingerprint density at radius 3 is 2.70 bits per heavy atom. The highest BCUT2D eigenvalue weighted by atomic mass is 32.1. The Morgan fingerprint density at radius 2 is 2.09 bits per heavy atom. The molecule has 0 unspecified atom stereocenters. The van der Waals surface area contributed by atoms with Crippen LogP contribution < -0.4 is 9.64 Å². The van der Waals surface area contributed by atoms with Crippen LogP contribution in [0.25, 0.3) is 11.4 Å². The van der Waals surface area contributed by atoms with Crippen LogP contribution in [0.2, 0.25) is 0 Å². The van der Waals surface area contributed by atoms with Crippen molar-refractivity contribution in [3.05, 3.63) is 23.2 Å². The number of hydrogen-bond donors (Lipinski definition) is 0. The lowest BCUT2D eigenvalue weighted by atomic mass is 10.1. The third-order valence-corrected chi connectivity index (χ3v) is 4.52. The third kappa shape index (κ3) is 3.35. The second-order valence-corrected chi connectivity index (χ2v) is 6.43. The number of rotatable bonds is 4. The predicted octanol–water partition coefficient (Wildman–Crippen LogP) is 2.64. The normalized spacial score (nSPS) is 21.3. The zero-order valence-electron chi connectivity index (χ0n) is 13.4. The summed E-state index contributed by atoms with van der Waals surface area (Å²) in [5, 5.41) is 2.45. The molecule has 1 fully saturated rings. The average molecular weight is 333 g/mol. The van der Waals surface area contributed by atoms with Crippen molar-refractivity contribution in [3.63, 3.8) is 0 Å². The van der Waals surface area contributed by atoms with E-state index in [4.69, 9.17) is 9.47 Å². The highest BCUT2D eigenvalue weighted by Crippen LogP contribution is 2.29. The minimum atomic E-state index is 0.126. The molecule has 1 aliphatic heterocycles. The first-order valence-electron chi connectivity index (χ1n) is 7.46. The lowest BCUT2D eigenvalue weighted by molar-refractivity contribution is -0.00527. The Morgan fingerprint density at radius 1 is 1.35 bits per heavy atom. The van der Waals surface area contributed by atoms with Gasteiger partial charge in [-0.2, -0.15) is 0 Å². The minimum Gasteiger partial charge on any atom is -0.473 e. The SMILES string of the molecule is COc1nc(-c2cc(C=O)c(N3C[C@@H](C)O[C@@H](C)C3)cn2)cs1. The van der Waals surface area contributed by atoms with E-state index >= 15 is 0 Å². The highest BCUT2D eigenvalue weighted by Gasteiger charge is 2.24. The number of pyridine rings is 1. The first kappa shape index (κ1) is 15.9. The lowest BCUT2D eigenvalue weighted by Crippen LogP contribution is -2.45. The minimum absolute atomic E-state index is 0.126. The molecule has 0 bridgehead atoms. The topological polar surface area (TPSA) is 64.5 Å². The van der Waals surface area contributed by atoms with Crippen LogP contribution >= 0.6 is 11.3 Å². The summed E-state index contributed by atoms with van der Waals surface area (Å²) in [5.41, 5.74) is 2.84. The summed E-state index contributed by atoms with van der Waals surface area (Å²) in [5.74, 6) is 0. The van der Waals surface area contributed by atoms with Crippen LogP contribution in [0.15, 0.2) is 17.6 Å². The van der Waals surface area contributed by atoms with E-state index < -0.39 is 0 Å². The fourth-order valence-electron chi connectivity index (χ4n) is 2.81. The van der Waals surface area contributed by atoms with Crippen molar-refractivity contribution >= 4 is 23.3 Å². The number of nitrogens with zero attached hydrogens (tertiary/aromatic N) is 3. The average Bonchev–Trinajstić information content (AvgIpc) is 3.02. The van der Waals surface area contributed by atoms with Gasteiger partial charge in [-0.25, -0.2) is 4.98 Å². The maximum atomic E-state index is 11.5. The van der Waals surface area contributed by atoms with Crippen molar-refractivity contribution in [1.29, 1.82) is 0 Å². The number of anilines is 1. The zero-order valence-corrected chi connectivity index (χ0v) is 14.2. The molecule has 3 rings (SSSR count). The number of aromatic nitrogens is 2. The molecule has 3 heterocycles. The number of hydrogen-bond acceptors (Lipinski definition) is 7. The summed E-state index contributed by atoms with van der Waals surface area (Å²) < 4.78 is 10.8. The van der Waals surface area contributed by atoms with Crippen LogP contribution in [0.5, 0.6) is 5.19 Å². The van der Waals surface area contributed by atoms with Crippen LogP contribution in [-0.2, 0) is 4.74 Å². The molecule has 0 radical (unpaired) electrons. The summed E-state index contributed by atoms with van der Waals surface area (Å²) in [4.78, 5) is 22.5. The summed E-state index contributed by atoms with van der Waals surface area (Å²) in [7, 11) is 1.58. The van der Waals surface area contributed by atoms with Crippen LogP contribution in [0.1, 0.15) is 24.2 Å². The molecule has 7 heteroatoms. The summed E-state index contributed by atoms with van der Waals surface area (Å²) >= 11 is 1.40. The molecule has 0 amide bonds. The van der Waals surface area contributed by atoms with Crippen molar-refractivity contribution in [1.82, 2.24) is 9.97 Å². The number of aldehydes is 1. The molecule has 2 atom stereocenters. The fourth-order valence-corrected chi connectivity index (χ4v) is 3.44. The molecule has 0 aromatic carbocycles. The molecule has 1 aliphatic rings. The molecule has 122 valence electrons. The Bertz CT molecular complexity index is 694. The van der Waals surface area contributed by atoms with Gasteiger partial charge in [0.2, 0.25) is 0 Å². The Labute approximate surface area is 139 Å². The van der Waals surface area contributed by atoms with Crippen LogP contribution in [0.3, 0.4) is 0 Å². The van der Waals surface area contributed by atoms with E-state index in [0.717, 1.165) is 25.1 Å². The molecule has 0 saturated carbocycles. The van der Waals surface area contributed by atoms with Gasteiger partial charge in [-0.3, -0.25) is 9.78 Å². The molecule has 2 aromatic rings. The van der Waals surface area contributed by atoms with Gasteiger partial charge in [-0.15, -0.1) is 0 Å². The smallest absolute Gasteiger partial charge is 0.273 e. The van der Waals surface area contributed by atoms with E-state index in [2.05, 4.69) is 14.9 Å². The Hall–Kier alpha value is -1.99. The lowest BCUT2D eigenvalue weighted by Gasteiger charge is -2.37. The van der Waals surface area contributed by atoms with Crippen LogP contribution in [0.4, 0.5) is 5.69 Å². The fraction of sp³-hybridized carbons (Fsp3) is 0.438. The number of ether oxygens (including phenoxy) is 2. The Kier molecular flexibility index (Phi) is 4.58. The zero-order chi connectivity index (χ0) is 16.4. The van der Waals surface area contributed by atoms with Crippen molar-refractivity contribution < 1.29 is 14.3 Å². The van der Waals surface area contributed by atoms with Crippen molar-refractivity contribution in [2.24, 2.45) is 0 Å². The largest absolute Gasteiger partial charge is 0.473 e. The first-order chi connectivity index (χ1) is 11.1. The maximum absolute atomic E-state index is 11.5. The number of methoxy groups -OCH3 is 1. The number of carbonyl (C=O) groups excluding carboxylic acids is 1. The first-order valence-corrected chi connectivity index (χ1v) is 8.34. The second kappa shape index (κ2) is 6.64. The Balaban J connectivity index is 1.92. The molecule has 0 N–H and O–H groups in total. The summed E-state index contributed by atoms with van der Waals surface area (Å²) in [6.07, 6.45) is 2.87. The molecule has 2 aromatic heterocycles. The van der Waals surface area contributed by atoms with Crippen molar-refractivity contribution in [2.45, 2.75) is 26.1 Å². The van der Waals surface area contributed by atoms with E-state index in [0.29, 0.717) is 22.1 Å². The van der Waals surface area contributed by atoms with Crippen molar-refractivity contribution in [2.75, 3.05) is 25.1 Å². The number of morpholine rings is 1. The second-order valence-electron chi connectivity index (χ2n) is 5.61. The van der Waals surface area contributed by atoms with Gasteiger partial charge < -0.3 is 14.4 Å². The molecular weight excluding hydrogens is 314 g/mol. The highest BCUT2D eigenvalue weighted by molar-refractivity contribution is 7.11. The number of thiazole rings is 1. The van der Waals surface area contributed by atoms with Crippen LogP contribution in [0, 0.1) is 0 Å². The van der Waals surface area contributed by atoms with Gasteiger partial charge in [0.1, 0.15) is 5.69 Å². The van der Waals surface area contributed by atoms with Gasteiger partial charge in [0.25, 0.3) is 5.19 Å². The summed E-state index contributed by atoms with van der Waals surface area (Å²) in [6.45, 7) is 5.56. The molecular formula is C16H19N3O3S. The van der Waals surface area contributed by atoms with Crippen molar-refractivity contribution in [3.8, 4) is 16.6 Å². The number of carbonyl (C=O) groups is 1. The predicted molar refractivity (Wildman–Crippen MR) is 89.5 cm³/mol. The van der Waals surface area contributed by atoms with Gasteiger partial charge >= 0.3 is 0 Å². The van der Waals surface area contributed by atoms with E-state index in [1.165, 1.54) is 11.3 Å². The van der Waals surface area contributed by atoms with E-state index in [-0.39, 0.29) is 12.2 Å². The van der Waals surface area contributed by atoms with Gasteiger partial charge in [-0.05, 0) is 19.9 Å². The van der Waals surface area contributed by atoms with Gasteiger partial charge in [0.05, 0.1) is 36.9 Å². The standard InChI is InChI=1S/C16H19N3O3S/c1-10-6-19(7-11(2)22-10)15-5-17-13(4-12(15)8-20)14-9-23-16(18-14)21-3/h4-5,8-11H,6-7H2,1-3H3/t10-,11+. The summed E-state index contributed by atoms with van der Waals surface area (Å²) in [6, 6.07) is 1.78. The molecule has 0 spiro atoms. The van der Waals surface area contributed by atoms with E-state index in [1.54, 1.807) is 19.4 Å². The van der Waals surface area contributed by atoms with E-state index in [9.17, 15) is 4.79 Å². The van der Waals surface area contributed by atoms with Gasteiger partial charge in [0, 0.05) is 24.0 Å². The van der Waals surface area contributed by atoms with E-state index in [1.807, 2.05) is 19.2 Å². The molecule has 23 heavy (non-hydrogen) atoms.